The number of carbonyl (C=O) groups is 2. The van der Waals surface area contributed by atoms with Crippen molar-refractivity contribution in [2.45, 2.75) is 13.8 Å². The Balaban J connectivity index is 2.18. The number of nitrogens with zero attached hydrogens (tertiary/aromatic N) is 2. The number of nitrogens with one attached hydrogen (secondary N) is 1. The van der Waals surface area contributed by atoms with Gasteiger partial charge in [-0.3, -0.25) is 9.59 Å². The van der Waals surface area contributed by atoms with Crippen LogP contribution in [0.4, 0.5) is 11.4 Å². The summed E-state index contributed by atoms with van der Waals surface area (Å²) in [5, 5.41) is 2.84. The van der Waals surface area contributed by atoms with Crippen molar-refractivity contribution in [3.8, 4) is 5.75 Å². The zero-order chi connectivity index (χ0) is 16.3. The molecular formula is C16H23N3O3. The third-order valence-corrected chi connectivity index (χ3v) is 3.47. The average molecular weight is 305 g/mol. The number of hydrogen-bond donors (Lipinski definition) is 1. The summed E-state index contributed by atoms with van der Waals surface area (Å²) in [6, 6.07) is 5.38. The van der Waals surface area contributed by atoms with E-state index in [2.05, 4.69) is 5.32 Å². The van der Waals surface area contributed by atoms with Gasteiger partial charge in [-0.25, -0.2) is 0 Å². The van der Waals surface area contributed by atoms with Crippen molar-refractivity contribution in [2.75, 3.05) is 44.0 Å². The summed E-state index contributed by atoms with van der Waals surface area (Å²) in [6.45, 7) is 5.09. The van der Waals surface area contributed by atoms with E-state index >= 15 is 0 Å². The van der Waals surface area contributed by atoms with E-state index in [1.54, 1.807) is 17.0 Å². The molecule has 0 radical (unpaired) electrons. The molecule has 0 saturated heterocycles. The van der Waals surface area contributed by atoms with E-state index in [4.69, 9.17) is 4.74 Å². The number of rotatable bonds is 5. The van der Waals surface area contributed by atoms with Gasteiger partial charge in [-0.05, 0) is 26.2 Å². The lowest BCUT2D eigenvalue weighted by Crippen LogP contribution is -2.42. The molecule has 1 aliphatic heterocycles. The van der Waals surface area contributed by atoms with Gasteiger partial charge in [-0.1, -0.05) is 13.8 Å². The molecule has 1 aromatic rings. The summed E-state index contributed by atoms with van der Waals surface area (Å²) in [5.74, 6) is 0.444. The Bertz CT molecular complexity index is 570. The first-order valence-electron chi connectivity index (χ1n) is 7.41. The zero-order valence-corrected chi connectivity index (χ0v) is 13.5. The lowest BCUT2D eigenvalue weighted by atomic mass is 10.1. The molecule has 0 aliphatic carbocycles. The summed E-state index contributed by atoms with van der Waals surface area (Å²) in [4.78, 5) is 27.5. The first-order chi connectivity index (χ1) is 10.4. The Hall–Kier alpha value is -2.08. The smallest absolute Gasteiger partial charge is 0.265 e. The van der Waals surface area contributed by atoms with Gasteiger partial charge in [0.25, 0.3) is 5.91 Å². The molecule has 2 rings (SSSR count). The van der Waals surface area contributed by atoms with Gasteiger partial charge in [0.2, 0.25) is 5.91 Å². The van der Waals surface area contributed by atoms with Crippen molar-refractivity contribution in [3.05, 3.63) is 18.2 Å². The number of ether oxygens (including phenoxy) is 1. The highest BCUT2D eigenvalue weighted by Crippen LogP contribution is 2.34. The molecule has 1 aliphatic rings. The maximum Gasteiger partial charge on any atom is 0.265 e. The molecule has 1 N–H and O–H groups in total. The molecule has 0 bridgehead atoms. The van der Waals surface area contributed by atoms with Gasteiger partial charge < -0.3 is 19.9 Å². The van der Waals surface area contributed by atoms with Gasteiger partial charge in [-0.15, -0.1) is 0 Å². The van der Waals surface area contributed by atoms with Crippen LogP contribution in [0.5, 0.6) is 5.75 Å². The van der Waals surface area contributed by atoms with E-state index in [0.29, 0.717) is 18.0 Å². The van der Waals surface area contributed by atoms with Gasteiger partial charge in [0.15, 0.2) is 6.61 Å². The molecule has 0 aromatic heterocycles. The molecule has 6 heteroatoms. The van der Waals surface area contributed by atoms with Crippen molar-refractivity contribution in [1.29, 1.82) is 0 Å². The largest absolute Gasteiger partial charge is 0.481 e. The standard InChI is InChI=1S/C16H23N3O3/c1-11(2)16(21)17-12-5-6-13-14(9-12)22-10-15(20)19(13)8-7-18(3)4/h5-6,9,11H,7-8,10H2,1-4H3,(H,17,21). The van der Waals surface area contributed by atoms with Crippen LogP contribution in [0.3, 0.4) is 0 Å². The summed E-state index contributed by atoms with van der Waals surface area (Å²) in [7, 11) is 3.94. The Labute approximate surface area is 131 Å². The number of hydrogen-bond acceptors (Lipinski definition) is 4. The van der Waals surface area contributed by atoms with E-state index in [9.17, 15) is 9.59 Å². The lowest BCUT2D eigenvalue weighted by molar-refractivity contribution is -0.121. The number of amides is 2. The van der Waals surface area contributed by atoms with Crippen molar-refractivity contribution in [1.82, 2.24) is 4.90 Å². The summed E-state index contributed by atoms with van der Waals surface area (Å²) in [6.07, 6.45) is 0. The second-order valence-corrected chi connectivity index (χ2v) is 5.96. The molecule has 120 valence electrons. The first kappa shape index (κ1) is 16.3. The highest BCUT2D eigenvalue weighted by Gasteiger charge is 2.25. The molecule has 2 amide bonds. The van der Waals surface area contributed by atoms with E-state index in [1.165, 1.54) is 0 Å². The van der Waals surface area contributed by atoms with Crippen molar-refractivity contribution < 1.29 is 14.3 Å². The van der Waals surface area contributed by atoms with Crippen LogP contribution in [0.15, 0.2) is 18.2 Å². The fourth-order valence-electron chi connectivity index (χ4n) is 2.11. The fraction of sp³-hybridized carbons (Fsp3) is 0.500. The van der Waals surface area contributed by atoms with Crippen molar-refractivity contribution in [3.63, 3.8) is 0 Å². The van der Waals surface area contributed by atoms with Crippen LogP contribution >= 0.6 is 0 Å². The molecule has 0 unspecified atom stereocenters. The normalized spacial score (nSPS) is 14.1. The van der Waals surface area contributed by atoms with Gasteiger partial charge in [0.1, 0.15) is 5.75 Å². The number of fused-ring (bicyclic) bond motifs is 1. The Morgan fingerprint density at radius 1 is 1.41 bits per heavy atom. The minimum absolute atomic E-state index is 0.0298. The molecule has 6 nitrogen and oxygen atoms in total. The minimum atomic E-state index is -0.0879. The topological polar surface area (TPSA) is 61.9 Å². The second kappa shape index (κ2) is 6.79. The molecule has 1 heterocycles. The predicted molar refractivity (Wildman–Crippen MR) is 86.3 cm³/mol. The minimum Gasteiger partial charge on any atom is -0.481 e. The van der Waals surface area contributed by atoms with Gasteiger partial charge in [0, 0.05) is 30.8 Å². The monoisotopic (exact) mass is 305 g/mol. The van der Waals surface area contributed by atoms with E-state index < -0.39 is 0 Å². The quantitative estimate of drug-likeness (QED) is 0.897. The fourth-order valence-corrected chi connectivity index (χ4v) is 2.11. The highest BCUT2D eigenvalue weighted by atomic mass is 16.5. The van der Waals surface area contributed by atoms with E-state index in [-0.39, 0.29) is 24.3 Å². The Kier molecular flexibility index (Phi) is 5.03. The molecule has 0 fully saturated rings. The molecule has 0 saturated carbocycles. The predicted octanol–water partition coefficient (Wildman–Crippen LogP) is 1.57. The third kappa shape index (κ3) is 3.76. The number of benzene rings is 1. The van der Waals surface area contributed by atoms with E-state index in [0.717, 1.165) is 12.2 Å². The molecule has 22 heavy (non-hydrogen) atoms. The first-order valence-corrected chi connectivity index (χ1v) is 7.41. The van der Waals surface area contributed by atoms with Crippen LogP contribution in [0.1, 0.15) is 13.8 Å². The van der Waals surface area contributed by atoms with Crippen LogP contribution in [-0.4, -0.2) is 50.5 Å². The Morgan fingerprint density at radius 3 is 2.77 bits per heavy atom. The van der Waals surface area contributed by atoms with Gasteiger partial charge >= 0.3 is 0 Å². The van der Waals surface area contributed by atoms with E-state index in [1.807, 2.05) is 38.9 Å². The third-order valence-electron chi connectivity index (χ3n) is 3.47. The SMILES string of the molecule is CC(C)C(=O)Nc1ccc2c(c1)OCC(=O)N2CCN(C)C. The number of likely N-dealkylation sites (N-methyl/N-ethyl adjacent to an activating group) is 1. The van der Waals surface area contributed by atoms with Gasteiger partial charge in [0.05, 0.1) is 5.69 Å². The number of carbonyl (C=O) groups excluding carboxylic acids is 2. The molecule has 1 aromatic carbocycles. The van der Waals surface area contributed by atoms with Crippen LogP contribution in [-0.2, 0) is 9.59 Å². The maximum absolute atomic E-state index is 12.0. The summed E-state index contributed by atoms with van der Waals surface area (Å²) in [5.41, 5.74) is 1.43. The van der Waals surface area contributed by atoms with Crippen LogP contribution < -0.4 is 15.0 Å². The summed E-state index contributed by atoms with van der Waals surface area (Å²) >= 11 is 0. The zero-order valence-electron chi connectivity index (χ0n) is 13.5. The van der Waals surface area contributed by atoms with Crippen LogP contribution in [0.25, 0.3) is 0 Å². The van der Waals surface area contributed by atoms with Gasteiger partial charge in [-0.2, -0.15) is 0 Å². The summed E-state index contributed by atoms with van der Waals surface area (Å²) < 4.78 is 5.50. The Morgan fingerprint density at radius 2 is 2.14 bits per heavy atom. The molecular weight excluding hydrogens is 282 g/mol. The van der Waals surface area contributed by atoms with Crippen LogP contribution in [0.2, 0.25) is 0 Å². The highest BCUT2D eigenvalue weighted by molar-refractivity contribution is 5.99. The van der Waals surface area contributed by atoms with Crippen molar-refractivity contribution in [2.24, 2.45) is 5.92 Å². The molecule has 0 spiro atoms. The second-order valence-electron chi connectivity index (χ2n) is 5.96. The number of anilines is 2. The van der Waals surface area contributed by atoms with Crippen LogP contribution in [0, 0.1) is 5.92 Å². The van der Waals surface area contributed by atoms with Crippen molar-refractivity contribution >= 4 is 23.2 Å². The molecule has 0 atom stereocenters. The lowest BCUT2D eigenvalue weighted by Gasteiger charge is -2.30. The maximum atomic E-state index is 12.0. The average Bonchev–Trinajstić information content (AvgIpc) is 2.46.